The van der Waals surface area contributed by atoms with Crippen LogP contribution in [0.4, 0.5) is 0 Å². The summed E-state index contributed by atoms with van der Waals surface area (Å²) in [6.45, 7) is 1.53. The Morgan fingerprint density at radius 2 is 2.00 bits per heavy atom. The van der Waals surface area contributed by atoms with Crippen LogP contribution in [0.3, 0.4) is 0 Å². The number of halogens is 1. The van der Waals surface area contributed by atoms with Gasteiger partial charge in [-0.25, -0.2) is 0 Å². The SMILES string of the molecule is COC(=O)CC(=O)[C@H](C)N.Cl. The summed E-state index contributed by atoms with van der Waals surface area (Å²) in [5.74, 6) is -0.839. The lowest BCUT2D eigenvalue weighted by atomic mass is 10.2. The second-order valence-electron chi connectivity index (χ2n) is 2.01. The molecule has 0 aromatic heterocycles. The Bertz CT molecular complexity index is 147. The zero-order valence-corrected chi connectivity index (χ0v) is 7.31. The highest BCUT2D eigenvalue weighted by atomic mass is 35.5. The van der Waals surface area contributed by atoms with Gasteiger partial charge in [-0.3, -0.25) is 9.59 Å². The minimum atomic E-state index is -0.584. The topological polar surface area (TPSA) is 69.4 Å². The fraction of sp³-hybridized carbons (Fsp3) is 0.667. The number of esters is 1. The molecule has 0 saturated carbocycles. The molecule has 11 heavy (non-hydrogen) atoms. The largest absolute Gasteiger partial charge is 0.469 e. The van der Waals surface area contributed by atoms with Crippen molar-refractivity contribution in [2.45, 2.75) is 19.4 Å². The van der Waals surface area contributed by atoms with Gasteiger partial charge in [0.15, 0.2) is 5.78 Å². The standard InChI is InChI=1S/C6H11NO3.ClH/c1-4(7)5(8)3-6(9)10-2;/h4H,3,7H2,1-2H3;1H/t4-;/m0./s1. The summed E-state index contributed by atoms with van der Waals surface area (Å²) in [5.41, 5.74) is 5.18. The minimum absolute atomic E-state index is 0. The maximum atomic E-state index is 10.7. The summed E-state index contributed by atoms with van der Waals surface area (Å²) >= 11 is 0. The Kier molecular flexibility index (Phi) is 7.24. The predicted molar refractivity (Wildman–Crippen MR) is 42.5 cm³/mol. The number of nitrogens with two attached hydrogens (primary N) is 1. The van der Waals surface area contributed by atoms with E-state index in [1.54, 1.807) is 0 Å². The molecule has 0 fully saturated rings. The molecule has 0 heterocycles. The van der Waals surface area contributed by atoms with Crippen molar-refractivity contribution in [1.82, 2.24) is 0 Å². The summed E-state index contributed by atoms with van der Waals surface area (Å²) in [7, 11) is 1.23. The first kappa shape index (κ1) is 13.0. The van der Waals surface area contributed by atoms with Crippen molar-refractivity contribution in [1.29, 1.82) is 0 Å². The van der Waals surface area contributed by atoms with Crippen LogP contribution >= 0.6 is 12.4 Å². The summed E-state index contributed by atoms with van der Waals surface area (Å²) in [6.07, 6.45) is -0.228. The van der Waals surface area contributed by atoms with Gasteiger partial charge in [-0.05, 0) is 6.92 Å². The molecule has 0 amide bonds. The van der Waals surface area contributed by atoms with E-state index in [0.717, 1.165) is 0 Å². The van der Waals surface area contributed by atoms with Crippen molar-refractivity contribution < 1.29 is 14.3 Å². The van der Waals surface area contributed by atoms with Gasteiger partial charge in [-0.15, -0.1) is 12.4 Å². The second kappa shape index (κ2) is 6.12. The molecule has 0 radical (unpaired) electrons. The van der Waals surface area contributed by atoms with Crippen LogP contribution in [0.1, 0.15) is 13.3 Å². The Morgan fingerprint density at radius 1 is 1.55 bits per heavy atom. The van der Waals surface area contributed by atoms with Crippen LogP contribution < -0.4 is 5.73 Å². The molecule has 0 spiro atoms. The number of methoxy groups -OCH3 is 1. The number of ketones is 1. The average Bonchev–Trinajstić information content (AvgIpc) is 1.87. The predicted octanol–water partition coefficient (Wildman–Crippen LogP) is -0.112. The molecule has 5 heteroatoms. The molecule has 2 N–H and O–H groups in total. The van der Waals surface area contributed by atoms with Crippen molar-refractivity contribution in [2.24, 2.45) is 5.73 Å². The summed E-state index contributed by atoms with van der Waals surface area (Å²) in [6, 6.07) is -0.584. The van der Waals surface area contributed by atoms with Crippen molar-refractivity contribution in [3.63, 3.8) is 0 Å². The Balaban J connectivity index is 0. The molecule has 66 valence electrons. The number of ether oxygens (including phenoxy) is 1. The Morgan fingerprint density at radius 3 is 2.27 bits per heavy atom. The van der Waals surface area contributed by atoms with E-state index >= 15 is 0 Å². The number of hydrogen-bond donors (Lipinski definition) is 1. The monoisotopic (exact) mass is 181 g/mol. The maximum Gasteiger partial charge on any atom is 0.313 e. The molecule has 0 saturated heterocycles. The fourth-order valence-electron chi connectivity index (χ4n) is 0.375. The number of hydrogen-bond acceptors (Lipinski definition) is 4. The van der Waals surface area contributed by atoms with Crippen LogP contribution in [-0.2, 0) is 14.3 Å². The van der Waals surface area contributed by atoms with E-state index in [4.69, 9.17) is 5.73 Å². The molecular formula is C6H12ClNO3. The van der Waals surface area contributed by atoms with Gasteiger partial charge >= 0.3 is 5.97 Å². The summed E-state index contributed by atoms with van der Waals surface area (Å²) in [4.78, 5) is 21.1. The molecule has 1 atom stereocenters. The molecule has 0 aliphatic carbocycles. The minimum Gasteiger partial charge on any atom is -0.469 e. The van der Waals surface area contributed by atoms with E-state index in [0.29, 0.717) is 0 Å². The average molecular weight is 182 g/mol. The van der Waals surface area contributed by atoms with Crippen LogP contribution in [0.15, 0.2) is 0 Å². The van der Waals surface area contributed by atoms with Crippen LogP contribution in [0.25, 0.3) is 0 Å². The van der Waals surface area contributed by atoms with Crippen molar-refractivity contribution in [2.75, 3.05) is 7.11 Å². The molecule has 0 rings (SSSR count). The van der Waals surface area contributed by atoms with Gasteiger partial charge in [-0.1, -0.05) is 0 Å². The van der Waals surface area contributed by atoms with E-state index in [2.05, 4.69) is 4.74 Å². The molecule has 4 nitrogen and oxygen atoms in total. The van der Waals surface area contributed by atoms with E-state index < -0.39 is 12.0 Å². The molecule has 0 unspecified atom stereocenters. The summed E-state index contributed by atoms with van der Waals surface area (Å²) in [5, 5.41) is 0. The van der Waals surface area contributed by atoms with E-state index in [1.807, 2.05) is 0 Å². The zero-order valence-electron chi connectivity index (χ0n) is 6.49. The highest BCUT2D eigenvalue weighted by Crippen LogP contribution is 1.89. The smallest absolute Gasteiger partial charge is 0.313 e. The third kappa shape index (κ3) is 5.82. The molecule has 0 bridgehead atoms. The number of rotatable bonds is 3. The first-order valence-electron chi connectivity index (χ1n) is 2.93. The van der Waals surface area contributed by atoms with Crippen molar-refractivity contribution in [3.8, 4) is 0 Å². The maximum absolute atomic E-state index is 10.7. The first-order chi connectivity index (χ1) is 4.57. The lowest BCUT2D eigenvalue weighted by Gasteiger charge is -2.01. The normalized spacial score (nSPS) is 11.2. The molecule has 0 aromatic carbocycles. The number of carbonyl (C=O) groups is 2. The van der Waals surface area contributed by atoms with Gasteiger partial charge < -0.3 is 10.5 Å². The Labute approximate surface area is 71.5 Å². The lowest BCUT2D eigenvalue weighted by molar-refractivity contribution is -0.143. The molecule has 0 aliphatic rings. The van der Waals surface area contributed by atoms with Crippen molar-refractivity contribution >= 4 is 24.2 Å². The van der Waals surface area contributed by atoms with Crippen LogP contribution in [-0.4, -0.2) is 24.9 Å². The number of Topliss-reactive ketones (excluding diaryl/α,β-unsaturated/α-hetero) is 1. The van der Waals surface area contributed by atoms with E-state index in [9.17, 15) is 9.59 Å². The lowest BCUT2D eigenvalue weighted by Crippen LogP contribution is -2.28. The second-order valence-corrected chi connectivity index (χ2v) is 2.01. The van der Waals surface area contributed by atoms with Gasteiger partial charge in [0.2, 0.25) is 0 Å². The van der Waals surface area contributed by atoms with Crippen LogP contribution in [0.5, 0.6) is 0 Å². The highest BCUT2D eigenvalue weighted by Gasteiger charge is 2.12. The quantitative estimate of drug-likeness (QED) is 0.487. The van der Waals surface area contributed by atoms with Crippen LogP contribution in [0.2, 0.25) is 0 Å². The van der Waals surface area contributed by atoms with E-state index in [-0.39, 0.29) is 24.6 Å². The third-order valence-electron chi connectivity index (χ3n) is 1.05. The molecule has 0 aromatic rings. The molecule has 0 aliphatic heterocycles. The summed E-state index contributed by atoms with van der Waals surface area (Å²) < 4.78 is 4.26. The van der Waals surface area contributed by atoms with Crippen molar-refractivity contribution in [3.05, 3.63) is 0 Å². The zero-order chi connectivity index (χ0) is 8.15. The van der Waals surface area contributed by atoms with Crippen LogP contribution in [0, 0.1) is 0 Å². The number of carbonyl (C=O) groups excluding carboxylic acids is 2. The molecular weight excluding hydrogens is 170 g/mol. The highest BCUT2D eigenvalue weighted by molar-refractivity contribution is 5.98. The van der Waals surface area contributed by atoms with E-state index in [1.165, 1.54) is 14.0 Å². The van der Waals surface area contributed by atoms with Gasteiger partial charge in [0.25, 0.3) is 0 Å². The Hall–Kier alpha value is -0.610. The van der Waals surface area contributed by atoms with Gasteiger partial charge in [0, 0.05) is 0 Å². The van der Waals surface area contributed by atoms with Gasteiger partial charge in [0.05, 0.1) is 13.2 Å². The van der Waals surface area contributed by atoms with Gasteiger partial charge in [0.1, 0.15) is 6.42 Å². The third-order valence-corrected chi connectivity index (χ3v) is 1.05. The first-order valence-corrected chi connectivity index (χ1v) is 2.93. The fourth-order valence-corrected chi connectivity index (χ4v) is 0.375. The van der Waals surface area contributed by atoms with Gasteiger partial charge in [-0.2, -0.15) is 0 Å².